The first-order valence-electron chi connectivity index (χ1n) is 25.4. The molecule has 0 aromatic heterocycles. The second-order valence-corrected chi connectivity index (χ2v) is 18.8. The highest BCUT2D eigenvalue weighted by molar-refractivity contribution is 5.97. The fourth-order valence-electron chi connectivity index (χ4n) is 11.3. The molecule has 0 fully saturated rings. The summed E-state index contributed by atoms with van der Waals surface area (Å²) in [7, 11) is 0. The Hall–Kier alpha value is -9.42. The molecule has 12 rings (SSSR count). The van der Waals surface area contributed by atoms with Crippen LogP contribution < -0.4 is 10.2 Å². The van der Waals surface area contributed by atoms with Gasteiger partial charge in [-0.2, -0.15) is 0 Å². The molecule has 0 saturated heterocycles. The van der Waals surface area contributed by atoms with Gasteiger partial charge < -0.3 is 10.2 Å². The molecule has 1 N–H and O–H groups in total. The zero-order valence-corrected chi connectivity index (χ0v) is 41.8. The van der Waals surface area contributed by atoms with Gasteiger partial charge in [0.25, 0.3) is 0 Å². The first-order chi connectivity index (χ1) is 36.6. The van der Waals surface area contributed by atoms with Crippen molar-refractivity contribution in [2.24, 2.45) is 0 Å². The standard InChI is InChI=1S/C70H54N2.C2H2/c1-3-64-68(4-2)72(61-40-32-49(33-41-61)19-17-26-51(50-20-7-5-8-21-50)27-18-44-71-60-28-9-6-10-29-60)69-31-16-15-30-65(69)70(64)66-47-58(56-36-34-52-22-11-13-24-54(52)45-56)38-42-62(66)63-43-39-59(48-67(63)70)57-37-35-53-23-12-14-25-55(53)46-57;1-2/h3-18,20-48,71H,19H2,1-2H3;1-2H/b26-17-,44-18+,51-27+,64-3+,68-4+;. The third-order valence-corrected chi connectivity index (χ3v) is 14.7. The maximum atomic E-state index is 4.00. The number of nitrogens with zero attached hydrogens (tertiary/aromatic N) is 1. The number of fused-ring (bicyclic) bond motifs is 9. The minimum Gasteiger partial charge on any atom is -0.362 e. The first-order valence-corrected chi connectivity index (χ1v) is 25.4. The van der Waals surface area contributed by atoms with Crippen molar-refractivity contribution >= 4 is 44.2 Å². The van der Waals surface area contributed by atoms with E-state index in [0.717, 1.165) is 23.4 Å². The van der Waals surface area contributed by atoms with Gasteiger partial charge in [-0.1, -0.05) is 206 Å². The molecule has 1 aliphatic heterocycles. The van der Waals surface area contributed by atoms with Crippen LogP contribution in [0.25, 0.3) is 60.5 Å². The summed E-state index contributed by atoms with van der Waals surface area (Å²) in [5.74, 6) is 0. The largest absolute Gasteiger partial charge is 0.362 e. The van der Waals surface area contributed by atoms with Crippen molar-refractivity contribution in [3.8, 4) is 46.2 Å². The summed E-state index contributed by atoms with van der Waals surface area (Å²) in [4.78, 5) is 2.49. The predicted octanol–water partition coefficient (Wildman–Crippen LogP) is 18.7. The van der Waals surface area contributed by atoms with Gasteiger partial charge in [-0.3, -0.25) is 0 Å². The number of hydrogen-bond donors (Lipinski definition) is 1. The van der Waals surface area contributed by atoms with Crippen LogP contribution in [-0.4, -0.2) is 0 Å². The van der Waals surface area contributed by atoms with Crippen LogP contribution in [0.1, 0.15) is 41.7 Å². The van der Waals surface area contributed by atoms with Crippen LogP contribution in [0.2, 0.25) is 0 Å². The van der Waals surface area contributed by atoms with Crippen molar-refractivity contribution in [1.82, 2.24) is 0 Å². The van der Waals surface area contributed by atoms with Crippen molar-refractivity contribution in [1.29, 1.82) is 0 Å². The number of anilines is 3. The lowest BCUT2D eigenvalue weighted by Crippen LogP contribution is -2.40. The molecule has 74 heavy (non-hydrogen) atoms. The molecule has 0 saturated carbocycles. The number of nitrogens with one attached hydrogen (secondary N) is 1. The maximum absolute atomic E-state index is 4.00. The number of terminal acetylenes is 1. The van der Waals surface area contributed by atoms with Gasteiger partial charge in [0.05, 0.1) is 11.1 Å². The lowest BCUT2D eigenvalue weighted by molar-refractivity contribution is 0.724. The molecule has 1 aliphatic carbocycles. The van der Waals surface area contributed by atoms with E-state index >= 15 is 0 Å². The summed E-state index contributed by atoms with van der Waals surface area (Å²) >= 11 is 0. The van der Waals surface area contributed by atoms with E-state index in [1.54, 1.807) is 0 Å². The molecule has 0 unspecified atom stereocenters. The van der Waals surface area contributed by atoms with Gasteiger partial charge in [-0.25, -0.2) is 0 Å². The Bertz CT molecular complexity index is 3740. The minimum absolute atomic E-state index is 0.602. The highest BCUT2D eigenvalue weighted by Gasteiger charge is 2.53. The van der Waals surface area contributed by atoms with Gasteiger partial charge in [-0.15, -0.1) is 12.8 Å². The average molecular weight is 949 g/mol. The Balaban J connectivity index is 0.00000291. The van der Waals surface area contributed by atoms with Gasteiger partial charge in [0.15, 0.2) is 0 Å². The second-order valence-electron chi connectivity index (χ2n) is 18.8. The third-order valence-electron chi connectivity index (χ3n) is 14.7. The summed E-state index contributed by atoms with van der Waals surface area (Å²) < 4.78 is 0. The second kappa shape index (κ2) is 20.7. The predicted molar refractivity (Wildman–Crippen MR) is 317 cm³/mol. The molecule has 2 nitrogen and oxygen atoms in total. The molecule has 0 bridgehead atoms. The van der Waals surface area contributed by atoms with Gasteiger partial charge >= 0.3 is 0 Å². The van der Waals surface area contributed by atoms with Crippen LogP contribution in [0, 0.1) is 12.8 Å². The van der Waals surface area contributed by atoms with Gasteiger partial charge in [-0.05, 0) is 175 Å². The maximum Gasteiger partial charge on any atom is 0.0751 e. The van der Waals surface area contributed by atoms with E-state index in [2.05, 4.69) is 286 Å². The molecule has 10 aromatic carbocycles. The molecule has 2 heteroatoms. The number of benzene rings is 10. The lowest BCUT2D eigenvalue weighted by Gasteiger charge is -2.47. The van der Waals surface area contributed by atoms with E-state index in [0.29, 0.717) is 0 Å². The van der Waals surface area contributed by atoms with E-state index in [4.69, 9.17) is 0 Å². The first kappa shape index (κ1) is 46.9. The van der Waals surface area contributed by atoms with Crippen LogP contribution in [0.5, 0.6) is 0 Å². The molecular weight excluding hydrogens is 893 g/mol. The zero-order valence-electron chi connectivity index (χ0n) is 41.8. The monoisotopic (exact) mass is 948 g/mol. The Morgan fingerprint density at radius 1 is 0.500 bits per heavy atom. The van der Waals surface area contributed by atoms with E-state index in [9.17, 15) is 0 Å². The van der Waals surface area contributed by atoms with Crippen LogP contribution in [-0.2, 0) is 11.8 Å². The zero-order chi connectivity index (χ0) is 50.4. The molecule has 354 valence electrons. The number of hydrogen-bond acceptors (Lipinski definition) is 2. The normalized spacial score (nSPS) is 14.6. The highest BCUT2D eigenvalue weighted by Crippen LogP contribution is 2.64. The van der Waals surface area contributed by atoms with Crippen molar-refractivity contribution in [3.63, 3.8) is 0 Å². The van der Waals surface area contributed by atoms with E-state index < -0.39 is 5.41 Å². The Kier molecular flexibility index (Phi) is 13.2. The number of allylic oxidation sites excluding steroid dienone is 8. The summed E-state index contributed by atoms with van der Waals surface area (Å²) in [5, 5.41) is 8.36. The summed E-state index contributed by atoms with van der Waals surface area (Å²) in [6.45, 7) is 4.43. The van der Waals surface area contributed by atoms with Crippen molar-refractivity contribution < 1.29 is 0 Å². The van der Waals surface area contributed by atoms with Gasteiger partial charge in [0, 0.05) is 23.3 Å². The molecular formula is C72H56N2. The van der Waals surface area contributed by atoms with Crippen LogP contribution >= 0.6 is 0 Å². The Morgan fingerprint density at radius 3 is 1.62 bits per heavy atom. The molecule has 0 radical (unpaired) electrons. The van der Waals surface area contributed by atoms with E-state index in [1.807, 2.05) is 24.4 Å². The third kappa shape index (κ3) is 8.55. The van der Waals surface area contributed by atoms with Crippen LogP contribution in [0.4, 0.5) is 17.1 Å². The Morgan fingerprint density at radius 2 is 1.03 bits per heavy atom. The van der Waals surface area contributed by atoms with Gasteiger partial charge in [0.1, 0.15) is 0 Å². The molecule has 1 spiro atoms. The minimum atomic E-state index is -0.602. The Labute approximate surface area is 436 Å². The summed E-state index contributed by atoms with van der Waals surface area (Å²) in [6, 6.07) is 84.6. The molecule has 0 atom stereocenters. The van der Waals surface area contributed by atoms with Gasteiger partial charge in [0.2, 0.25) is 0 Å². The van der Waals surface area contributed by atoms with Crippen molar-refractivity contribution in [3.05, 3.63) is 312 Å². The van der Waals surface area contributed by atoms with Crippen LogP contribution in [0.3, 0.4) is 0 Å². The molecule has 0 amide bonds. The smallest absolute Gasteiger partial charge is 0.0751 e. The topological polar surface area (TPSA) is 15.3 Å². The van der Waals surface area contributed by atoms with E-state index in [-0.39, 0.29) is 0 Å². The molecule has 2 aliphatic rings. The van der Waals surface area contributed by atoms with E-state index in [1.165, 1.54) is 99.7 Å². The number of para-hydroxylation sites is 2. The average Bonchev–Trinajstić information content (AvgIpc) is 3.82. The van der Waals surface area contributed by atoms with Crippen molar-refractivity contribution in [2.45, 2.75) is 25.7 Å². The molecule has 1 heterocycles. The summed E-state index contributed by atoms with van der Waals surface area (Å²) in [6.07, 6.45) is 24.2. The van der Waals surface area contributed by atoms with Crippen molar-refractivity contribution in [2.75, 3.05) is 10.2 Å². The molecule has 10 aromatic rings. The SMILES string of the molecule is C#C.C/C=C1\C(=C/C)N(c2ccc(C\C=C/C(=C\C=C\Nc3ccccc3)c3ccccc3)cc2)c2ccccc2C12c1cc(-c3ccc4ccccc4c3)ccc1-c1ccc(-c3ccc4ccccc4c3)cc12. The lowest BCUT2D eigenvalue weighted by atomic mass is 9.63. The fraction of sp³-hybridized carbons (Fsp3) is 0.0556. The highest BCUT2D eigenvalue weighted by atomic mass is 15.2. The number of rotatable bonds is 10. The fourth-order valence-corrected chi connectivity index (χ4v) is 11.3. The summed E-state index contributed by atoms with van der Waals surface area (Å²) in [5.41, 5.74) is 20.1. The van der Waals surface area contributed by atoms with Crippen LogP contribution in [0.15, 0.2) is 284 Å². The quantitative estimate of drug-likeness (QED) is 0.109.